The van der Waals surface area contributed by atoms with Gasteiger partial charge in [-0.15, -0.1) is 0 Å². The molecule has 0 radical (unpaired) electrons. The molecule has 2 N–H and O–H groups in total. The lowest BCUT2D eigenvalue weighted by Crippen LogP contribution is -2.16. The van der Waals surface area contributed by atoms with Crippen molar-refractivity contribution in [1.29, 1.82) is 0 Å². The van der Waals surface area contributed by atoms with Crippen LogP contribution in [0, 0.1) is 18.6 Å². The normalized spacial score (nSPS) is 12.3. The molecule has 0 saturated carbocycles. The predicted molar refractivity (Wildman–Crippen MR) is 109 cm³/mol. The standard InChI is InChI=1S/C23H23F2NO4/c1-3-4-5-9-16(23(29)30)21-13(2)26(19-12-18(25)20(27)11-17(19)21)22(28)14-7-6-8-15(24)10-14/h6-8,10-12,16,27H,3-5,9H2,1-2H3,(H,29,30)/t16-/m0/s1. The number of aromatic hydroxyl groups is 1. The minimum atomic E-state index is -1.06. The van der Waals surface area contributed by atoms with E-state index in [2.05, 4.69) is 0 Å². The van der Waals surface area contributed by atoms with Gasteiger partial charge in [0, 0.05) is 22.7 Å². The smallest absolute Gasteiger partial charge is 0.311 e. The van der Waals surface area contributed by atoms with E-state index in [9.17, 15) is 28.6 Å². The summed E-state index contributed by atoms with van der Waals surface area (Å²) in [5, 5.41) is 20.0. The highest BCUT2D eigenvalue weighted by Gasteiger charge is 2.30. The number of halogens is 2. The van der Waals surface area contributed by atoms with Crippen LogP contribution in [0.1, 0.15) is 60.1 Å². The third-order valence-electron chi connectivity index (χ3n) is 5.34. The molecule has 3 aromatic rings. The van der Waals surface area contributed by atoms with Crippen LogP contribution in [0.25, 0.3) is 10.9 Å². The lowest BCUT2D eigenvalue weighted by atomic mass is 9.91. The summed E-state index contributed by atoms with van der Waals surface area (Å²) in [6.07, 6.45) is 2.78. The fourth-order valence-electron chi connectivity index (χ4n) is 3.89. The molecule has 0 amide bonds. The molecule has 0 saturated heterocycles. The van der Waals surface area contributed by atoms with Crippen molar-refractivity contribution in [3.63, 3.8) is 0 Å². The van der Waals surface area contributed by atoms with Crippen molar-refractivity contribution in [3.8, 4) is 5.75 Å². The van der Waals surface area contributed by atoms with Crippen molar-refractivity contribution < 1.29 is 28.6 Å². The Morgan fingerprint density at radius 2 is 1.87 bits per heavy atom. The molecule has 158 valence electrons. The quantitative estimate of drug-likeness (QED) is 0.509. The highest BCUT2D eigenvalue weighted by molar-refractivity contribution is 6.05. The molecule has 1 heterocycles. The van der Waals surface area contributed by atoms with E-state index in [0.717, 1.165) is 31.0 Å². The first-order chi connectivity index (χ1) is 14.3. The molecule has 1 aromatic heterocycles. The van der Waals surface area contributed by atoms with Crippen LogP contribution in [-0.4, -0.2) is 26.7 Å². The number of aromatic nitrogens is 1. The van der Waals surface area contributed by atoms with E-state index in [-0.39, 0.29) is 11.1 Å². The second-order valence-electron chi connectivity index (χ2n) is 7.36. The number of phenols is 1. The van der Waals surface area contributed by atoms with Gasteiger partial charge in [0.15, 0.2) is 11.6 Å². The van der Waals surface area contributed by atoms with Gasteiger partial charge in [-0.05, 0) is 43.2 Å². The molecule has 3 rings (SSSR count). The number of carbonyl (C=O) groups excluding carboxylic acids is 1. The Morgan fingerprint density at radius 1 is 1.13 bits per heavy atom. The van der Waals surface area contributed by atoms with Crippen LogP contribution in [0.5, 0.6) is 5.75 Å². The van der Waals surface area contributed by atoms with E-state index in [4.69, 9.17) is 0 Å². The third kappa shape index (κ3) is 3.92. The average molecular weight is 415 g/mol. The second-order valence-corrected chi connectivity index (χ2v) is 7.36. The molecule has 5 nitrogen and oxygen atoms in total. The maximum atomic E-state index is 14.2. The molecule has 1 atom stereocenters. The summed E-state index contributed by atoms with van der Waals surface area (Å²) < 4.78 is 29.0. The van der Waals surface area contributed by atoms with Gasteiger partial charge < -0.3 is 10.2 Å². The van der Waals surface area contributed by atoms with Gasteiger partial charge in [0.2, 0.25) is 0 Å². The van der Waals surface area contributed by atoms with Crippen molar-refractivity contribution in [2.45, 2.75) is 45.4 Å². The van der Waals surface area contributed by atoms with Crippen molar-refractivity contribution in [2.75, 3.05) is 0 Å². The minimum absolute atomic E-state index is 0.0490. The molecule has 0 aliphatic rings. The molecule has 0 bridgehead atoms. The van der Waals surface area contributed by atoms with Crippen LogP contribution >= 0.6 is 0 Å². The number of hydrogen-bond acceptors (Lipinski definition) is 3. The van der Waals surface area contributed by atoms with E-state index in [0.29, 0.717) is 29.5 Å². The minimum Gasteiger partial charge on any atom is -0.505 e. The fourth-order valence-corrected chi connectivity index (χ4v) is 3.89. The van der Waals surface area contributed by atoms with Crippen LogP contribution in [0.15, 0.2) is 36.4 Å². The Balaban J connectivity index is 2.25. The zero-order valence-corrected chi connectivity index (χ0v) is 16.8. The van der Waals surface area contributed by atoms with Crippen molar-refractivity contribution >= 4 is 22.8 Å². The van der Waals surface area contributed by atoms with E-state index in [1.807, 2.05) is 6.92 Å². The van der Waals surface area contributed by atoms with Crippen LogP contribution in [-0.2, 0) is 4.79 Å². The molecule has 0 aliphatic heterocycles. The zero-order valence-electron chi connectivity index (χ0n) is 16.8. The maximum Gasteiger partial charge on any atom is 0.311 e. The Labute approximate surface area is 172 Å². The molecule has 2 aromatic carbocycles. The fraction of sp³-hybridized carbons (Fsp3) is 0.304. The number of unbranched alkanes of at least 4 members (excludes halogenated alkanes) is 2. The summed E-state index contributed by atoms with van der Waals surface area (Å²) in [5.41, 5.74) is 0.864. The number of carboxylic acids is 1. The Hall–Kier alpha value is -3.22. The summed E-state index contributed by atoms with van der Waals surface area (Å²) in [4.78, 5) is 25.2. The molecule has 7 heteroatoms. The average Bonchev–Trinajstić information content (AvgIpc) is 2.96. The molecule has 30 heavy (non-hydrogen) atoms. The van der Waals surface area contributed by atoms with Gasteiger partial charge in [-0.25, -0.2) is 8.78 Å². The Bertz CT molecular complexity index is 1120. The monoisotopic (exact) mass is 415 g/mol. The first-order valence-corrected chi connectivity index (χ1v) is 9.82. The van der Waals surface area contributed by atoms with Gasteiger partial charge >= 0.3 is 5.97 Å². The van der Waals surface area contributed by atoms with Crippen molar-refractivity contribution in [3.05, 3.63) is 64.9 Å². The lowest BCUT2D eigenvalue weighted by Gasteiger charge is -2.14. The van der Waals surface area contributed by atoms with E-state index in [1.54, 1.807) is 6.92 Å². The topological polar surface area (TPSA) is 79.5 Å². The number of carboxylic acid groups (broad SMARTS) is 1. The van der Waals surface area contributed by atoms with Crippen molar-refractivity contribution in [2.24, 2.45) is 0 Å². The number of carbonyl (C=O) groups is 2. The van der Waals surface area contributed by atoms with Crippen LogP contribution in [0.2, 0.25) is 0 Å². The molecule has 0 spiro atoms. The van der Waals surface area contributed by atoms with Gasteiger partial charge in [-0.2, -0.15) is 0 Å². The summed E-state index contributed by atoms with van der Waals surface area (Å²) in [5.74, 6) is -4.75. The second kappa shape index (κ2) is 8.65. The lowest BCUT2D eigenvalue weighted by molar-refractivity contribution is -0.139. The zero-order chi connectivity index (χ0) is 22.0. The molecular weight excluding hydrogens is 392 g/mol. The van der Waals surface area contributed by atoms with Crippen LogP contribution in [0.4, 0.5) is 8.78 Å². The number of nitrogens with zero attached hydrogens (tertiary/aromatic N) is 1. The molecule has 0 fully saturated rings. The molecule has 0 aliphatic carbocycles. The van der Waals surface area contributed by atoms with E-state index in [1.165, 1.54) is 22.8 Å². The van der Waals surface area contributed by atoms with Gasteiger partial charge in [0.1, 0.15) is 5.82 Å². The van der Waals surface area contributed by atoms with Gasteiger partial charge in [-0.3, -0.25) is 14.2 Å². The van der Waals surface area contributed by atoms with Crippen LogP contribution in [0.3, 0.4) is 0 Å². The summed E-state index contributed by atoms with van der Waals surface area (Å²) >= 11 is 0. The van der Waals surface area contributed by atoms with E-state index < -0.39 is 35.2 Å². The molecule has 0 unspecified atom stereocenters. The summed E-state index contributed by atoms with van der Waals surface area (Å²) in [7, 11) is 0. The highest BCUT2D eigenvalue weighted by Crippen LogP contribution is 2.38. The number of rotatable bonds is 7. The number of aliphatic carboxylic acids is 1. The van der Waals surface area contributed by atoms with Gasteiger partial charge in [-0.1, -0.05) is 32.3 Å². The SMILES string of the molecule is CCCCC[C@H](C(=O)O)c1c(C)n(C(=O)c2cccc(F)c2)c2cc(F)c(O)cc12. The van der Waals surface area contributed by atoms with Gasteiger partial charge in [0.05, 0.1) is 11.4 Å². The van der Waals surface area contributed by atoms with Crippen molar-refractivity contribution in [1.82, 2.24) is 4.57 Å². The van der Waals surface area contributed by atoms with Crippen LogP contribution < -0.4 is 0 Å². The first-order valence-electron chi connectivity index (χ1n) is 9.82. The van der Waals surface area contributed by atoms with Gasteiger partial charge in [0.25, 0.3) is 5.91 Å². The van der Waals surface area contributed by atoms with E-state index >= 15 is 0 Å². The number of phenolic OH excluding ortho intramolecular Hbond substituents is 1. The Kier molecular flexibility index (Phi) is 6.20. The number of benzene rings is 2. The Morgan fingerprint density at radius 3 is 2.50 bits per heavy atom. The predicted octanol–water partition coefficient (Wildman–Crippen LogP) is 5.37. The number of fused-ring (bicyclic) bond motifs is 1. The first kappa shape index (κ1) is 21.5. The molecular formula is C23H23F2NO4. The summed E-state index contributed by atoms with van der Waals surface area (Å²) in [6.45, 7) is 3.59. The summed E-state index contributed by atoms with van der Waals surface area (Å²) in [6, 6.07) is 7.25. The largest absolute Gasteiger partial charge is 0.505 e. The number of hydrogen-bond donors (Lipinski definition) is 2. The maximum absolute atomic E-state index is 14.2. The third-order valence-corrected chi connectivity index (χ3v) is 5.34. The highest BCUT2D eigenvalue weighted by atomic mass is 19.1.